The summed E-state index contributed by atoms with van der Waals surface area (Å²) < 4.78 is 1.07. The van der Waals surface area contributed by atoms with Crippen molar-refractivity contribution in [3.63, 3.8) is 0 Å². The van der Waals surface area contributed by atoms with Crippen molar-refractivity contribution in [2.75, 3.05) is 19.6 Å². The van der Waals surface area contributed by atoms with E-state index in [4.69, 9.17) is 0 Å². The number of halogens is 1. The monoisotopic (exact) mass is 320 g/mol. The Morgan fingerprint density at radius 1 is 1.21 bits per heavy atom. The molecule has 1 aromatic rings. The number of piperidine rings is 3. The van der Waals surface area contributed by atoms with Gasteiger partial charge in [-0.3, -0.25) is 4.79 Å². The van der Waals surface area contributed by atoms with Gasteiger partial charge in [0.05, 0.1) is 0 Å². The molecule has 0 N–H and O–H groups in total. The number of nitrogens with zero attached hydrogens (tertiary/aromatic N) is 2. The Kier molecular flexibility index (Phi) is 2.71. The quantitative estimate of drug-likeness (QED) is 0.793. The molecule has 0 spiro atoms. The number of hydrogen-bond donors (Lipinski definition) is 0. The Morgan fingerprint density at radius 3 is 2.63 bits per heavy atom. The van der Waals surface area contributed by atoms with Crippen molar-refractivity contribution in [2.24, 2.45) is 5.92 Å². The first-order valence-corrected chi connectivity index (χ1v) is 7.84. The first-order chi connectivity index (χ1) is 9.24. The number of carbonyl (C=O) groups excluding carboxylic acids is 1. The molecule has 1 unspecified atom stereocenters. The van der Waals surface area contributed by atoms with Crippen LogP contribution in [0.25, 0.3) is 0 Å². The van der Waals surface area contributed by atoms with Crippen LogP contribution in [0, 0.1) is 5.92 Å². The lowest BCUT2D eigenvalue weighted by Crippen LogP contribution is -2.57. The lowest BCUT2D eigenvalue weighted by molar-refractivity contribution is 0.00843. The molecule has 0 radical (unpaired) electrons. The molecule has 5 rings (SSSR count). The zero-order valence-electron chi connectivity index (χ0n) is 10.8. The van der Waals surface area contributed by atoms with Crippen molar-refractivity contribution in [3.05, 3.63) is 33.8 Å². The van der Waals surface area contributed by atoms with Gasteiger partial charge in [-0.2, -0.15) is 0 Å². The molecular formula is C15H17BrN2O. The van der Waals surface area contributed by atoms with Crippen molar-refractivity contribution in [2.45, 2.75) is 25.4 Å². The number of fused-ring (bicyclic) bond motifs is 4. The van der Waals surface area contributed by atoms with E-state index in [1.54, 1.807) is 0 Å². The molecule has 2 bridgehead atoms. The van der Waals surface area contributed by atoms with Gasteiger partial charge in [0.2, 0.25) is 0 Å². The van der Waals surface area contributed by atoms with Crippen molar-refractivity contribution in [1.82, 2.24) is 9.80 Å². The number of amides is 1. The van der Waals surface area contributed by atoms with Crippen LogP contribution in [-0.4, -0.2) is 41.4 Å². The first-order valence-electron chi connectivity index (χ1n) is 7.05. The molecule has 100 valence electrons. The minimum absolute atomic E-state index is 0.232. The number of rotatable bonds is 1. The summed E-state index contributed by atoms with van der Waals surface area (Å²) in [5.41, 5.74) is 2.06. The fourth-order valence-electron chi connectivity index (χ4n) is 3.87. The highest BCUT2D eigenvalue weighted by Gasteiger charge is 2.42. The van der Waals surface area contributed by atoms with Crippen molar-refractivity contribution in [3.8, 4) is 0 Å². The summed E-state index contributed by atoms with van der Waals surface area (Å²) in [6, 6.07) is 6.38. The summed E-state index contributed by atoms with van der Waals surface area (Å²) in [7, 11) is 0. The van der Waals surface area contributed by atoms with Crippen molar-refractivity contribution in [1.29, 1.82) is 0 Å². The summed E-state index contributed by atoms with van der Waals surface area (Å²) in [6.45, 7) is 4.30. The predicted octanol–water partition coefficient (Wildman–Crippen LogP) is 2.50. The van der Waals surface area contributed by atoms with Gasteiger partial charge < -0.3 is 9.80 Å². The van der Waals surface area contributed by atoms with E-state index in [0.29, 0.717) is 12.0 Å². The maximum Gasteiger partial charge on any atom is 0.254 e. The van der Waals surface area contributed by atoms with Crippen LogP contribution in [0.15, 0.2) is 22.7 Å². The normalized spacial score (nSPS) is 32.8. The predicted molar refractivity (Wildman–Crippen MR) is 77.0 cm³/mol. The van der Waals surface area contributed by atoms with E-state index in [9.17, 15) is 4.79 Å². The van der Waals surface area contributed by atoms with Crippen LogP contribution in [0.4, 0.5) is 0 Å². The minimum Gasteiger partial charge on any atom is -0.330 e. The van der Waals surface area contributed by atoms with Crippen LogP contribution < -0.4 is 0 Å². The van der Waals surface area contributed by atoms with Crippen LogP contribution in [0.3, 0.4) is 0 Å². The lowest BCUT2D eigenvalue weighted by Gasteiger charge is -2.48. The fraction of sp³-hybridized carbons (Fsp3) is 0.533. The van der Waals surface area contributed by atoms with Crippen LogP contribution in [0.1, 0.15) is 28.8 Å². The van der Waals surface area contributed by atoms with E-state index >= 15 is 0 Å². The number of carbonyl (C=O) groups is 1. The van der Waals surface area contributed by atoms with Gasteiger partial charge in [-0.25, -0.2) is 0 Å². The van der Waals surface area contributed by atoms with Crippen molar-refractivity contribution < 1.29 is 4.79 Å². The summed E-state index contributed by atoms with van der Waals surface area (Å²) >= 11 is 3.58. The minimum atomic E-state index is 0.232. The largest absolute Gasteiger partial charge is 0.330 e. The second-order valence-corrected chi connectivity index (χ2v) is 6.76. The summed E-state index contributed by atoms with van der Waals surface area (Å²) in [5.74, 6) is 0.942. The highest BCUT2D eigenvalue weighted by Crippen LogP contribution is 2.37. The Balaban J connectivity index is 1.65. The second kappa shape index (κ2) is 4.32. The number of benzene rings is 1. The molecule has 0 aromatic heterocycles. The number of hydrogen-bond acceptors (Lipinski definition) is 2. The van der Waals surface area contributed by atoms with Gasteiger partial charge in [0.1, 0.15) is 0 Å². The van der Waals surface area contributed by atoms with E-state index in [1.165, 1.54) is 31.5 Å². The Labute approximate surface area is 121 Å². The molecular weight excluding hydrogens is 304 g/mol. The van der Waals surface area contributed by atoms with Crippen LogP contribution in [0.5, 0.6) is 0 Å². The van der Waals surface area contributed by atoms with E-state index in [2.05, 4.69) is 25.7 Å². The van der Waals surface area contributed by atoms with E-state index in [-0.39, 0.29) is 5.91 Å². The molecule has 3 saturated heterocycles. The molecule has 4 aliphatic rings. The molecule has 4 aliphatic heterocycles. The van der Waals surface area contributed by atoms with Crippen LogP contribution in [0.2, 0.25) is 0 Å². The zero-order valence-corrected chi connectivity index (χ0v) is 12.4. The average Bonchev–Trinajstić information content (AvgIpc) is 2.79. The fourth-order valence-corrected chi connectivity index (χ4v) is 4.36. The van der Waals surface area contributed by atoms with Gasteiger partial charge in [0.25, 0.3) is 5.91 Å². The molecule has 1 atom stereocenters. The molecule has 1 amide bonds. The molecule has 3 fully saturated rings. The summed E-state index contributed by atoms with van der Waals surface area (Å²) in [6.07, 6.45) is 2.51. The molecule has 4 heterocycles. The van der Waals surface area contributed by atoms with Crippen LogP contribution >= 0.6 is 15.9 Å². The van der Waals surface area contributed by atoms with Crippen LogP contribution in [-0.2, 0) is 6.54 Å². The third-order valence-corrected chi connectivity index (χ3v) is 5.70. The molecule has 0 saturated carbocycles. The third-order valence-electron chi connectivity index (χ3n) is 4.96. The zero-order chi connectivity index (χ0) is 13.0. The summed E-state index contributed by atoms with van der Waals surface area (Å²) in [5, 5.41) is 0. The van der Waals surface area contributed by atoms with Gasteiger partial charge in [-0.1, -0.05) is 22.0 Å². The molecule has 4 heteroatoms. The van der Waals surface area contributed by atoms with E-state index < -0.39 is 0 Å². The van der Waals surface area contributed by atoms with Gasteiger partial charge in [-0.15, -0.1) is 0 Å². The SMILES string of the molecule is O=C1c2cccc(Br)c2CN1C1CN2CCC1CC2. The van der Waals surface area contributed by atoms with E-state index in [0.717, 1.165) is 23.1 Å². The third kappa shape index (κ3) is 1.77. The van der Waals surface area contributed by atoms with Gasteiger partial charge >= 0.3 is 0 Å². The topological polar surface area (TPSA) is 23.6 Å². The standard InChI is InChI=1S/C15H17BrN2O/c16-13-3-1-2-11-12(13)8-18(15(11)19)14-9-17-6-4-10(14)5-7-17/h1-3,10,14H,4-9H2. The maximum atomic E-state index is 12.6. The van der Waals surface area contributed by atoms with Gasteiger partial charge in [-0.05, 0) is 49.5 Å². The van der Waals surface area contributed by atoms with Gasteiger partial charge in [0, 0.05) is 29.2 Å². The highest BCUT2D eigenvalue weighted by atomic mass is 79.9. The maximum absolute atomic E-state index is 12.6. The lowest BCUT2D eigenvalue weighted by atomic mass is 9.83. The Hall–Kier alpha value is -0.870. The molecule has 1 aromatic carbocycles. The van der Waals surface area contributed by atoms with Gasteiger partial charge in [0.15, 0.2) is 0 Å². The highest BCUT2D eigenvalue weighted by molar-refractivity contribution is 9.10. The Morgan fingerprint density at radius 2 is 2.00 bits per heavy atom. The molecule has 0 aliphatic carbocycles. The second-order valence-electron chi connectivity index (χ2n) is 5.90. The average molecular weight is 321 g/mol. The summed E-state index contributed by atoms with van der Waals surface area (Å²) in [4.78, 5) is 17.2. The molecule has 3 nitrogen and oxygen atoms in total. The molecule has 19 heavy (non-hydrogen) atoms. The van der Waals surface area contributed by atoms with Crippen molar-refractivity contribution >= 4 is 21.8 Å². The first kappa shape index (κ1) is 11.9. The Bertz CT molecular complexity index is 537. The van der Waals surface area contributed by atoms with E-state index in [1.807, 2.05) is 18.2 Å². The smallest absolute Gasteiger partial charge is 0.254 e.